The summed E-state index contributed by atoms with van der Waals surface area (Å²) < 4.78 is 0. The maximum absolute atomic E-state index is 6.68. The smallest absolute Gasteiger partial charge is 0.0479 e. The number of likely N-dealkylation sites (tertiary alicyclic amines) is 1. The van der Waals surface area contributed by atoms with Gasteiger partial charge in [-0.05, 0) is 64.8 Å². The summed E-state index contributed by atoms with van der Waals surface area (Å²) in [7, 11) is 0. The molecule has 1 aliphatic rings. The second kappa shape index (κ2) is 6.28. The van der Waals surface area contributed by atoms with Crippen molar-refractivity contribution in [2.45, 2.75) is 65.0 Å². The van der Waals surface area contributed by atoms with Gasteiger partial charge in [-0.2, -0.15) is 0 Å². The Morgan fingerprint density at radius 1 is 1.05 bits per heavy atom. The Balaban J connectivity index is 2.24. The zero-order valence-corrected chi connectivity index (χ0v) is 13.6. The van der Waals surface area contributed by atoms with E-state index in [0.29, 0.717) is 0 Å². The maximum atomic E-state index is 6.68. The zero-order chi connectivity index (χ0) is 14.8. The molecule has 20 heavy (non-hydrogen) atoms. The highest BCUT2D eigenvalue weighted by Crippen LogP contribution is 2.32. The molecule has 1 aromatic carbocycles. The van der Waals surface area contributed by atoms with Crippen molar-refractivity contribution in [3.8, 4) is 0 Å². The van der Waals surface area contributed by atoms with Crippen LogP contribution in [0.3, 0.4) is 0 Å². The fraction of sp³-hybridized carbons (Fsp3) is 0.667. The van der Waals surface area contributed by atoms with E-state index in [1.165, 1.54) is 55.5 Å². The molecule has 1 unspecified atom stereocenters. The molecule has 0 radical (unpaired) electrons. The van der Waals surface area contributed by atoms with Crippen LogP contribution < -0.4 is 5.73 Å². The first-order chi connectivity index (χ1) is 9.43. The van der Waals surface area contributed by atoms with E-state index in [0.717, 1.165) is 0 Å². The number of hydrogen-bond donors (Lipinski definition) is 1. The standard InChI is InChI=1S/C18H30N2/c1-14-9-10-15(2)16(13-14)17(19)18(3,4)20-11-7-5-6-8-12-20/h9-10,13,17H,5-8,11-12,19H2,1-4H3. The van der Waals surface area contributed by atoms with Gasteiger partial charge in [0.2, 0.25) is 0 Å². The van der Waals surface area contributed by atoms with Crippen molar-refractivity contribution in [1.82, 2.24) is 4.90 Å². The van der Waals surface area contributed by atoms with Crippen LogP contribution >= 0.6 is 0 Å². The monoisotopic (exact) mass is 274 g/mol. The molecule has 0 aromatic heterocycles. The molecule has 1 saturated heterocycles. The SMILES string of the molecule is Cc1ccc(C)c(C(N)C(C)(C)N2CCCCCC2)c1. The first-order valence-electron chi connectivity index (χ1n) is 8.00. The van der Waals surface area contributed by atoms with Gasteiger partial charge < -0.3 is 5.73 Å². The zero-order valence-electron chi connectivity index (χ0n) is 13.6. The van der Waals surface area contributed by atoms with Gasteiger partial charge in [-0.3, -0.25) is 4.90 Å². The van der Waals surface area contributed by atoms with E-state index in [1.54, 1.807) is 0 Å². The summed E-state index contributed by atoms with van der Waals surface area (Å²) in [6.07, 6.45) is 5.35. The van der Waals surface area contributed by atoms with Crippen LogP contribution in [0, 0.1) is 13.8 Å². The molecule has 1 heterocycles. The molecule has 1 atom stereocenters. The number of rotatable bonds is 3. The molecule has 2 N–H and O–H groups in total. The summed E-state index contributed by atoms with van der Waals surface area (Å²) in [5.74, 6) is 0. The van der Waals surface area contributed by atoms with E-state index >= 15 is 0 Å². The van der Waals surface area contributed by atoms with Crippen LogP contribution in [0.25, 0.3) is 0 Å². The summed E-state index contributed by atoms with van der Waals surface area (Å²) >= 11 is 0. The third-order valence-corrected chi connectivity index (χ3v) is 4.95. The van der Waals surface area contributed by atoms with Gasteiger partial charge in [0, 0.05) is 11.6 Å². The van der Waals surface area contributed by atoms with E-state index in [2.05, 4.69) is 50.8 Å². The lowest BCUT2D eigenvalue weighted by atomic mass is 9.84. The molecular weight excluding hydrogens is 244 g/mol. The Morgan fingerprint density at radius 2 is 1.65 bits per heavy atom. The van der Waals surface area contributed by atoms with Gasteiger partial charge in [0.25, 0.3) is 0 Å². The summed E-state index contributed by atoms with van der Waals surface area (Å²) in [4.78, 5) is 2.60. The van der Waals surface area contributed by atoms with Gasteiger partial charge in [0.15, 0.2) is 0 Å². The minimum absolute atomic E-state index is 0.0168. The largest absolute Gasteiger partial charge is 0.322 e. The van der Waals surface area contributed by atoms with Gasteiger partial charge >= 0.3 is 0 Å². The lowest BCUT2D eigenvalue weighted by molar-refractivity contribution is 0.0978. The molecule has 0 spiro atoms. The summed E-state index contributed by atoms with van der Waals surface area (Å²) in [6, 6.07) is 6.70. The first-order valence-corrected chi connectivity index (χ1v) is 8.00. The van der Waals surface area contributed by atoms with Crippen LogP contribution in [0.5, 0.6) is 0 Å². The van der Waals surface area contributed by atoms with Crippen molar-refractivity contribution in [3.63, 3.8) is 0 Å². The van der Waals surface area contributed by atoms with Crippen LogP contribution in [0.15, 0.2) is 18.2 Å². The maximum Gasteiger partial charge on any atom is 0.0479 e. The third-order valence-electron chi connectivity index (χ3n) is 4.95. The van der Waals surface area contributed by atoms with Crippen molar-refractivity contribution in [3.05, 3.63) is 34.9 Å². The van der Waals surface area contributed by atoms with E-state index in [-0.39, 0.29) is 11.6 Å². The van der Waals surface area contributed by atoms with Crippen molar-refractivity contribution >= 4 is 0 Å². The van der Waals surface area contributed by atoms with Crippen molar-refractivity contribution in [2.24, 2.45) is 5.73 Å². The van der Waals surface area contributed by atoms with Gasteiger partial charge in [-0.15, -0.1) is 0 Å². The molecule has 0 amide bonds. The number of nitrogens with two attached hydrogens (primary N) is 1. The van der Waals surface area contributed by atoms with Crippen LogP contribution in [-0.2, 0) is 0 Å². The molecule has 0 aliphatic carbocycles. The van der Waals surface area contributed by atoms with Crippen LogP contribution in [0.1, 0.15) is 62.3 Å². The van der Waals surface area contributed by atoms with Gasteiger partial charge in [0.05, 0.1) is 0 Å². The van der Waals surface area contributed by atoms with Crippen LogP contribution in [-0.4, -0.2) is 23.5 Å². The molecule has 112 valence electrons. The highest BCUT2D eigenvalue weighted by atomic mass is 15.2. The molecule has 0 bridgehead atoms. The molecule has 1 aromatic rings. The van der Waals surface area contributed by atoms with Gasteiger partial charge in [0.1, 0.15) is 0 Å². The van der Waals surface area contributed by atoms with Gasteiger partial charge in [-0.1, -0.05) is 36.6 Å². The summed E-state index contributed by atoms with van der Waals surface area (Å²) in [5, 5.41) is 0. The van der Waals surface area contributed by atoms with E-state index in [1.807, 2.05) is 0 Å². The minimum atomic E-state index is 0.0168. The number of aryl methyl sites for hydroxylation is 2. The van der Waals surface area contributed by atoms with Crippen LogP contribution in [0.4, 0.5) is 0 Å². The van der Waals surface area contributed by atoms with E-state index in [9.17, 15) is 0 Å². The topological polar surface area (TPSA) is 29.3 Å². The van der Waals surface area contributed by atoms with E-state index in [4.69, 9.17) is 5.73 Å². The second-order valence-corrected chi connectivity index (χ2v) is 6.89. The Kier molecular flexibility index (Phi) is 4.87. The molecule has 1 aliphatic heterocycles. The predicted octanol–water partition coefficient (Wildman–Crippen LogP) is 3.96. The minimum Gasteiger partial charge on any atom is -0.322 e. The lowest BCUT2D eigenvalue weighted by Gasteiger charge is -2.43. The average molecular weight is 274 g/mol. The summed E-state index contributed by atoms with van der Waals surface area (Å²) in [6.45, 7) is 11.3. The van der Waals surface area contributed by atoms with Crippen LogP contribution in [0.2, 0.25) is 0 Å². The molecule has 2 heteroatoms. The summed E-state index contributed by atoms with van der Waals surface area (Å²) in [5.41, 5.74) is 10.6. The van der Waals surface area contributed by atoms with Gasteiger partial charge in [-0.25, -0.2) is 0 Å². The number of benzene rings is 1. The Hall–Kier alpha value is -0.860. The Labute approximate surface area is 124 Å². The highest BCUT2D eigenvalue weighted by Gasteiger charge is 2.34. The van der Waals surface area contributed by atoms with E-state index < -0.39 is 0 Å². The number of hydrogen-bond acceptors (Lipinski definition) is 2. The quantitative estimate of drug-likeness (QED) is 0.904. The molecule has 2 rings (SSSR count). The predicted molar refractivity (Wildman–Crippen MR) is 87.0 cm³/mol. The fourth-order valence-electron chi connectivity index (χ4n) is 3.32. The third kappa shape index (κ3) is 3.24. The molecule has 2 nitrogen and oxygen atoms in total. The second-order valence-electron chi connectivity index (χ2n) is 6.89. The van der Waals surface area contributed by atoms with Crippen molar-refractivity contribution in [1.29, 1.82) is 0 Å². The first kappa shape index (κ1) is 15.5. The average Bonchev–Trinajstić information content (AvgIpc) is 2.70. The molecule has 1 fully saturated rings. The molecule has 0 saturated carbocycles. The normalized spacial score (nSPS) is 19.6. The lowest BCUT2D eigenvalue weighted by Crippen LogP contribution is -2.51. The Morgan fingerprint density at radius 3 is 2.25 bits per heavy atom. The molecular formula is C18H30N2. The highest BCUT2D eigenvalue weighted by molar-refractivity contribution is 5.34. The Bertz CT molecular complexity index is 443. The van der Waals surface area contributed by atoms with Crippen molar-refractivity contribution < 1.29 is 0 Å². The van der Waals surface area contributed by atoms with Crippen molar-refractivity contribution in [2.75, 3.05) is 13.1 Å². The number of nitrogens with zero attached hydrogens (tertiary/aromatic N) is 1. The fourth-order valence-corrected chi connectivity index (χ4v) is 3.32.